The van der Waals surface area contributed by atoms with Gasteiger partial charge in [0.2, 0.25) is 0 Å². The number of benzene rings is 2. The van der Waals surface area contributed by atoms with Gasteiger partial charge >= 0.3 is 0 Å². The summed E-state index contributed by atoms with van der Waals surface area (Å²) in [7, 11) is 0. The van der Waals surface area contributed by atoms with Crippen LogP contribution >= 0.6 is 11.6 Å². The van der Waals surface area contributed by atoms with E-state index >= 15 is 0 Å². The van der Waals surface area contributed by atoms with Gasteiger partial charge in [-0.3, -0.25) is 9.20 Å². The first-order chi connectivity index (χ1) is 10.8. The van der Waals surface area contributed by atoms with Gasteiger partial charge in [-0.1, -0.05) is 54.1 Å². The van der Waals surface area contributed by atoms with E-state index in [1.54, 1.807) is 10.6 Å². The standard InChI is InChI=1S/C19H12ClNO/c20-14-7-5-6-13(12-14)18-16-9-2-1-8-15(16)17-10-3-4-11-21(17)19(18)22/h1-12H. The zero-order valence-corrected chi connectivity index (χ0v) is 12.4. The number of nitrogens with zero attached hydrogens (tertiary/aromatic N) is 1. The third kappa shape index (κ3) is 1.92. The molecule has 0 aliphatic carbocycles. The first-order valence-electron chi connectivity index (χ1n) is 7.04. The van der Waals surface area contributed by atoms with Gasteiger partial charge in [-0.2, -0.15) is 0 Å². The Morgan fingerprint density at radius 2 is 1.59 bits per heavy atom. The highest BCUT2D eigenvalue weighted by molar-refractivity contribution is 6.31. The molecule has 0 radical (unpaired) electrons. The van der Waals surface area contributed by atoms with Crippen molar-refractivity contribution in [3.8, 4) is 11.1 Å². The summed E-state index contributed by atoms with van der Waals surface area (Å²) in [5.41, 5.74) is 2.40. The molecule has 0 amide bonds. The topological polar surface area (TPSA) is 21.5 Å². The fourth-order valence-corrected chi connectivity index (χ4v) is 3.11. The van der Waals surface area contributed by atoms with Crippen molar-refractivity contribution in [1.82, 2.24) is 4.40 Å². The quantitative estimate of drug-likeness (QED) is 0.464. The lowest BCUT2D eigenvalue weighted by molar-refractivity contribution is 1.11. The van der Waals surface area contributed by atoms with Gasteiger partial charge in [-0.05, 0) is 35.2 Å². The van der Waals surface area contributed by atoms with Gasteiger partial charge in [-0.25, -0.2) is 0 Å². The molecular formula is C19H12ClNO. The molecule has 2 aromatic heterocycles. The molecule has 0 atom stereocenters. The van der Waals surface area contributed by atoms with Crippen molar-refractivity contribution in [1.29, 1.82) is 0 Å². The molecule has 4 rings (SSSR count). The number of rotatable bonds is 1. The lowest BCUT2D eigenvalue weighted by atomic mass is 9.99. The second-order valence-electron chi connectivity index (χ2n) is 5.19. The Morgan fingerprint density at radius 1 is 0.818 bits per heavy atom. The van der Waals surface area contributed by atoms with Crippen LogP contribution in [0.1, 0.15) is 0 Å². The third-order valence-corrected chi connectivity index (χ3v) is 4.11. The predicted molar refractivity (Wildman–Crippen MR) is 91.6 cm³/mol. The molecule has 0 aliphatic rings. The maximum Gasteiger partial charge on any atom is 0.263 e. The molecule has 0 aliphatic heterocycles. The van der Waals surface area contributed by atoms with Crippen LogP contribution in [0.4, 0.5) is 0 Å². The summed E-state index contributed by atoms with van der Waals surface area (Å²) in [4.78, 5) is 13.0. The number of aromatic nitrogens is 1. The Morgan fingerprint density at radius 3 is 2.41 bits per heavy atom. The maximum absolute atomic E-state index is 13.0. The first kappa shape index (κ1) is 13.1. The number of hydrogen-bond acceptors (Lipinski definition) is 1. The molecule has 2 nitrogen and oxygen atoms in total. The van der Waals surface area contributed by atoms with Crippen molar-refractivity contribution in [2.45, 2.75) is 0 Å². The lowest BCUT2D eigenvalue weighted by Gasteiger charge is -2.11. The molecule has 0 spiro atoms. The molecule has 0 bridgehead atoms. The summed E-state index contributed by atoms with van der Waals surface area (Å²) in [6.45, 7) is 0. The van der Waals surface area contributed by atoms with Gasteiger partial charge in [0.25, 0.3) is 5.56 Å². The van der Waals surface area contributed by atoms with Crippen LogP contribution in [0.2, 0.25) is 5.02 Å². The second-order valence-corrected chi connectivity index (χ2v) is 5.63. The maximum atomic E-state index is 13.0. The van der Waals surface area contributed by atoms with Gasteiger partial charge in [0.1, 0.15) is 0 Å². The van der Waals surface area contributed by atoms with Crippen LogP contribution in [-0.2, 0) is 0 Å². The second kappa shape index (κ2) is 5.00. The van der Waals surface area contributed by atoms with E-state index in [1.807, 2.05) is 66.7 Å². The van der Waals surface area contributed by atoms with Crippen LogP contribution < -0.4 is 5.56 Å². The van der Waals surface area contributed by atoms with Crippen LogP contribution in [-0.4, -0.2) is 4.40 Å². The van der Waals surface area contributed by atoms with Crippen LogP contribution in [0.3, 0.4) is 0 Å². The van der Waals surface area contributed by atoms with E-state index in [9.17, 15) is 4.79 Å². The molecule has 4 aromatic rings. The summed E-state index contributed by atoms with van der Waals surface area (Å²) in [6.07, 6.45) is 1.80. The molecule has 22 heavy (non-hydrogen) atoms. The van der Waals surface area contributed by atoms with E-state index in [0.29, 0.717) is 10.6 Å². The summed E-state index contributed by atoms with van der Waals surface area (Å²) in [5.74, 6) is 0. The minimum absolute atomic E-state index is 0.0310. The highest BCUT2D eigenvalue weighted by Gasteiger charge is 2.13. The minimum Gasteiger partial charge on any atom is -0.283 e. The third-order valence-electron chi connectivity index (χ3n) is 3.88. The monoisotopic (exact) mass is 305 g/mol. The SMILES string of the molecule is O=c1c(-c2cccc(Cl)c2)c2ccccc2c2ccccn12. The Balaban J connectivity index is 2.26. The molecule has 0 fully saturated rings. The van der Waals surface area contributed by atoms with Crippen LogP contribution in [0.15, 0.2) is 77.7 Å². The summed E-state index contributed by atoms with van der Waals surface area (Å²) in [6, 6.07) is 21.2. The van der Waals surface area contributed by atoms with Crippen molar-refractivity contribution in [3.63, 3.8) is 0 Å². The van der Waals surface area contributed by atoms with Crippen LogP contribution in [0.5, 0.6) is 0 Å². The van der Waals surface area contributed by atoms with E-state index in [4.69, 9.17) is 11.6 Å². The normalized spacial score (nSPS) is 11.1. The lowest BCUT2D eigenvalue weighted by Crippen LogP contribution is -2.16. The average Bonchev–Trinajstić information content (AvgIpc) is 2.55. The molecule has 2 aromatic carbocycles. The molecule has 0 unspecified atom stereocenters. The molecular weight excluding hydrogens is 294 g/mol. The highest BCUT2D eigenvalue weighted by atomic mass is 35.5. The molecule has 0 saturated carbocycles. The van der Waals surface area contributed by atoms with Crippen molar-refractivity contribution in [3.05, 3.63) is 88.3 Å². The fourth-order valence-electron chi connectivity index (χ4n) is 2.92. The number of hydrogen-bond donors (Lipinski definition) is 0. The fraction of sp³-hybridized carbons (Fsp3) is 0. The predicted octanol–water partition coefficient (Wildman–Crippen LogP) is 4.77. The zero-order valence-electron chi connectivity index (χ0n) is 11.7. The van der Waals surface area contributed by atoms with Crippen LogP contribution in [0, 0.1) is 0 Å². The van der Waals surface area contributed by atoms with Gasteiger partial charge in [0.15, 0.2) is 0 Å². The summed E-state index contributed by atoms with van der Waals surface area (Å²) < 4.78 is 1.69. The van der Waals surface area contributed by atoms with E-state index < -0.39 is 0 Å². The van der Waals surface area contributed by atoms with Gasteiger partial charge in [0.05, 0.1) is 11.1 Å². The van der Waals surface area contributed by atoms with Crippen molar-refractivity contribution < 1.29 is 0 Å². The highest BCUT2D eigenvalue weighted by Crippen LogP contribution is 2.29. The summed E-state index contributed by atoms with van der Waals surface area (Å²) in [5, 5.41) is 2.62. The van der Waals surface area contributed by atoms with Gasteiger partial charge in [0, 0.05) is 16.6 Å². The summed E-state index contributed by atoms with van der Waals surface area (Å²) >= 11 is 6.11. The smallest absolute Gasteiger partial charge is 0.263 e. The van der Waals surface area contributed by atoms with Crippen LogP contribution in [0.25, 0.3) is 27.4 Å². The van der Waals surface area contributed by atoms with Crippen molar-refractivity contribution in [2.75, 3.05) is 0 Å². The van der Waals surface area contributed by atoms with Gasteiger partial charge in [-0.15, -0.1) is 0 Å². The number of pyridine rings is 2. The van der Waals surface area contributed by atoms with E-state index in [-0.39, 0.29) is 5.56 Å². The largest absolute Gasteiger partial charge is 0.283 e. The van der Waals surface area contributed by atoms with E-state index in [2.05, 4.69) is 0 Å². The van der Waals surface area contributed by atoms with Crippen molar-refractivity contribution in [2.24, 2.45) is 0 Å². The van der Waals surface area contributed by atoms with E-state index in [0.717, 1.165) is 21.9 Å². The van der Waals surface area contributed by atoms with Crippen molar-refractivity contribution >= 4 is 27.9 Å². The zero-order chi connectivity index (χ0) is 15.1. The number of fused-ring (bicyclic) bond motifs is 3. The molecule has 0 saturated heterocycles. The Bertz CT molecular complexity index is 1070. The van der Waals surface area contributed by atoms with Gasteiger partial charge < -0.3 is 0 Å². The Hall–Kier alpha value is -2.58. The average molecular weight is 306 g/mol. The molecule has 0 N–H and O–H groups in total. The molecule has 2 heterocycles. The Kier molecular flexibility index (Phi) is 2.98. The molecule has 106 valence electrons. The Labute approximate surface area is 132 Å². The molecule has 3 heteroatoms. The first-order valence-corrected chi connectivity index (χ1v) is 7.41. The minimum atomic E-state index is -0.0310. The van der Waals surface area contributed by atoms with E-state index in [1.165, 1.54) is 0 Å². The number of halogens is 1.